The predicted molar refractivity (Wildman–Crippen MR) is 413 cm³/mol. The van der Waals surface area contributed by atoms with E-state index in [4.69, 9.17) is 0 Å². The summed E-state index contributed by atoms with van der Waals surface area (Å²) in [7, 11) is 0. The Labute approximate surface area is 592 Å². The average Bonchev–Trinajstić information content (AvgIpc) is 0.920. The molecule has 0 atom stereocenters. The highest BCUT2D eigenvalue weighted by molar-refractivity contribution is 5.87. The van der Waals surface area contributed by atoms with Crippen molar-refractivity contribution < 1.29 is 0 Å². The van der Waals surface area contributed by atoms with Crippen molar-refractivity contribution in [2.24, 2.45) is 0 Å². The molecule has 11 heterocycles. The van der Waals surface area contributed by atoms with Crippen LogP contribution in [0.3, 0.4) is 0 Å². The Kier molecular flexibility index (Phi) is 31.9. The maximum absolute atomic E-state index is 4.28. The molecule has 17 aromatic rings. The van der Waals surface area contributed by atoms with Gasteiger partial charge in [0.15, 0.2) is 0 Å². The van der Waals surface area contributed by atoms with E-state index in [0.717, 1.165) is 44.8 Å². The first kappa shape index (κ1) is 75.6. The van der Waals surface area contributed by atoms with E-state index in [0.29, 0.717) is 0 Å². The SMILES string of the molecule is Cc1cccc2cccnc12.Cc1cccc2ccncc12.Cc1cccc2cnccc12.Cc1cccc2ncccc12.Cc1cccnn1.Cc1ccnc2ccccc12.Cc1ccncn1.Cc1ccnnc1.Cc1cncc2ccccc12.Cc1cnccn1.Cc1cncnc1. The number of nitrogens with zero attached hydrogens (tertiary/aromatic N) is 16. The summed E-state index contributed by atoms with van der Waals surface area (Å²) in [6.07, 6.45) is 35.2. The van der Waals surface area contributed by atoms with E-state index in [9.17, 15) is 0 Å². The summed E-state index contributed by atoms with van der Waals surface area (Å²) in [6, 6.07) is 63.1. The van der Waals surface area contributed by atoms with E-state index in [-0.39, 0.29) is 0 Å². The van der Waals surface area contributed by atoms with Gasteiger partial charge in [0, 0.05) is 143 Å². The van der Waals surface area contributed by atoms with E-state index in [1.54, 1.807) is 55.8 Å². The van der Waals surface area contributed by atoms with E-state index in [2.05, 4.69) is 219 Å². The minimum absolute atomic E-state index is 0.961. The lowest BCUT2D eigenvalue weighted by atomic mass is 10.1. The summed E-state index contributed by atoms with van der Waals surface area (Å²) in [5.74, 6) is 0. The highest BCUT2D eigenvalue weighted by Crippen LogP contribution is 2.19. The van der Waals surface area contributed by atoms with Gasteiger partial charge < -0.3 is 0 Å². The second kappa shape index (κ2) is 42.7. The van der Waals surface area contributed by atoms with Crippen LogP contribution in [0.15, 0.2) is 312 Å². The highest BCUT2D eigenvalue weighted by atomic mass is 15.1. The standard InChI is InChI=1S/6C10H9N.5C5H6N2/c1-8-4-2-6-10-9(8)5-3-7-11-10;1-8-4-2-5-9-6-3-7-11-10(8)9;1-8-3-2-4-9-7-11-6-5-10(8)9;1-8-3-2-4-9-5-6-11-7-10(8)9;1-8-6-11-7-9-4-2-3-5-10(8)9;1-8-6-7-11-10-5-3-2-4-9(8)10;1-5-2-6-4-7-3-5;1-5-4-6-2-3-7-5;1-5-2-3-6-4-7-5;1-5-2-3-6-7-4-5;1-5-3-2-4-6-7-5/h6*2-7H,1H3;5*2-4H,1H3. The normalized spacial score (nSPS) is 9.73. The summed E-state index contributed by atoms with van der Waals surface area (Å²) in [4.78, 5) is 47.9. The Morgan fingerprint density at radius 3 is 1.34 bits per heavy atom. The van der Waals surface area contributed by atoms with E-state index in [1.807, 2.05) is 181 Å². The molecule has 0 radical (unpaired) electrons. The maximum Gasteiger partial charge on any atom is 0.115 e. The Bertz CT molecular complexity index is 4310. The summed E-state index contributed by atoms with van der Waals surface area (Å²) >= 11 is 0. The van der Waals surface area contributed by atoms with Gasteiger partial charge in [-0.2, -0.15) is 20.4 Å². The van der Waals surface area contributed by atoms with Crippen molar-refractivity contribution in [2.75, 3.05) is 0 Å². The van der Waals surface area contributed by atoms with Gasteiger partial charge in [-0.15, -0.1) is 0 Å². The zero-order valence-corrected chi connectivity index (χ0v) is 59.1. The van der Waals surface area contributed by atoms with Gasteiger partial charge in [0.25, 0.3) is 0 Å². The van der Waals surface area contributed by atoms with E-state index in [1.165, 1.54) is 94.5 Å². The third-order valence-electron chi connectivity index (χ3n) is 14.8. The Morgan fingerprint density at radius 1 is 0.208 bits per heavy atom. The first-order valence-electron chi connectivity index (χ1n) is 32.7. The number of para-hydroxylation sites is 2. The van der Waals surface area contributed by atoms with Gasteiger partial charge in [0.1, 0.15) is 12.7 Å². The monoisotopic (exact) mass is 1330 g/mol. The molecular weight excluding hydrogens is 1250 g/mol. The van der Waals surface area contributed by atoms with Crippen molar-refractivity contribution in [1.29, 1.82) is 0 Å². The van der Waals surface area contributed by atoms with Crippen molar-refractivity contribution in [3.63, 3.8) is 0 Å². The highest BCUT2D eigenvalue weighted by Gasteiger charge is 1.99. The van der Waals surface area contributed by atoms with Crippen LogP contribution in [0, 0.1) is 76.2 Å². The fraction of sp³-hybridized carbons (Fsp3) is 0.129. The summed E-state index contributed by atoms with van der Waals surface area (Å²) in [5, 5.41) is 25.8. The molecule has 0 fully saturated rings. The predicted octanol–water partition coefficient (Wildman–Crippen LogP) is 19.2. The maximum atomic E-state index is 4.28. The van der Waals surface area contributed by atoms with Gasteiger partial charge in [0.05, 0.1) is 34.1 Å². The third kappa shape index (κ3) is 27.0. The third-order valence-corrected chi connectivity index (χ3v) is 14.8. The van der Waals surface area contributed by atoms with Gasteiger partial charge in [-0.25, -0.2) is 19.9 Å². The Hall–Kier alpha value is -12.8. The number of rotatable bonds is 0. The van der Waals surface area contributed by atoms with Crippen LogP contribution in [0.25, 0.3) is 65.0 Å². The number of hydrogen-bond donors (Lipinski definition) is 0. The lowest BCUT2D eigenvalue weighted by Crippen LogP contribution is -1.80. The first-order chi connectivity index (χ1) is 49.2. The minimum atomic E-state index is 0.961. The van der Waals surface area contributed by atoms with Crippen molar-refractivity contribution >= 4 is 65.0 Å². The van der Waals surface area contributed by atoms with Gasteiger partial charge >= 0.3 is 0 Å². The molecule has 11 aromatic heterocycles. The molecule has 0 aliphatic carbocycles. The summed E-state index contributed by atoms with van der Waals surface area (Å²) in [6.45, 7) is 22.3. The molecule has 0 saturated heterocycles. The van der Waals surface area contributed by atoms with Crippen LogP contribution in [0.4, 0.5) is 0 Å². The number of pyridine rings is 6. The average molecular weight is 1330 g/mol. The van der Waals surface area contributed by atoms with Crippen LogP contribution >= 0.6 is 0 Å². The second-order valence-corrected chi connectivity index (χ2v) is 22.9. The van der Waals surface area contributed by atoms with Crippen molar-refractivity contribution in [3.05, 3.63) is 374 Å². The number of hydrogen-bond acceptors (Lipinski definition) is 16. The van der Waals surface area contributed by atoms with Gasteiger partial charge in [-0.05, 0) is 204 Å². The zero-order chi connectivity index (χ0) is 71.7. The Morgan fingerprint density at radius 2 is 0.762 bits per heavy atom. The lowest BCUT2D eigenvalue weighted by Gasteiger charge is -1.98. The van der Waals surface area contributed by atoms with Crippen molar-refractivity contribution in [1.82, 2.24) is 80.2 Å². The fourth-order valence-electron chi connectivity index (χ4n) is 9.41. The molecule has 17 rings (SSSR count). The van der Waals surface area contributed by atoms with Crippen molar-refractivity contribution in [2.45, 2.75) is 76.2 Å². The fourth-order valence-corrected chi connectivity index (χ4v) is 9.41. The molecule has 0 unspecified atom stereocenters. The molecule has 0 spiro atoms. The van der Waals surface area contributed by atoms with Gasteiger partial charge in [0.2, 0.25) is 0 Å². The molecule has 16 nitrogen and oxygen atoms in total. The van der Waals surface area contributed by atoms with Crippen LogP contribution in [0.1, 0.15) is 61.6 Å². The van der Waals surface area contributed by atoms with Crippen LogP contribution in [-0.2, 0) is 0 Å². The number of benzene rings is 6. The molecular formula is C85H84N16. The summed E-state index contributed by atoms with van der Waals surface area (Å²) in [5.41, 5.74) is 16.1. The van der Waals surface area contributed by atoms with Crippen molar-refractivity contribution in [3.8, 4) is 0 Å². The molecule has 0 N–H and O–H groups in total. The number of fused-ring (bicyclic) bond motifs is 6. The molecule has 0 aliphatic heterocycles. The van der Waals surface area contributed by atoms with Gasteiger partial charge in [-0.3, -0.25) is 39.9 Å². The molecule has 16 heteroatoms. The second-order valence-electron chi connectivity index (χ2n) is 22.9. The quantitative estimate of drug-likeness (QED) is 0.138. The molecule has 0 saturated carbocycles. The van der Waals surface area contributed by atoms with E-state index >= 15 is 0 Å². The molecule has 0 bridgehead atoms. The lowest BCUT2D eigenvalue weighted by molar-refractivity contribution is 0.980. The molecule has 6 aromatic carbocycles. The number of aromatic nitrogens is 16. The van der Waals surface area contributed by atoms with E-state index < -0.39 is 0 Å². The van der Waals surface area contributed by atoms with Crippen LogP contribution in [0.2, 0.25) is 0 Å². The summed E-state index contributed by atoms with van der Waals surface area (Å²) < 4.78 is 0. The number of aryl methyl sites for hydroxylation is 11. The van der Waals surface area contributed by atoms with Crippen LogP contribution in [0.5, 0.6) is 0 Å². The molecule has 504 valence electrons. The molecule has 0 amide bonds. The largest absolute Gasteiger partial charge is 0.264 e. The smallest absolute Gasteiger partial charge is 0.115 e. The molecule has 101 heavy (non-hydrogen) atoms. The Balaban J connectivity index is 0.000000157. The zero-order valence-electron chi connectivity index (χ0n) is 59.1. The van der Waals surface area contributed by atoms with Crippen LogP contribution in [-0.4, -0.2) is 80.2 Å². The van der Waals surface area contributed by atoms with Gasteiger partial charge in [-0.1, -0.05) is 121 Å². The first-order valence-corrected chi connectivity index (χ1v) is 32.7. The molecule has 0 aliphatic rings. The minimum Gasteiger partial charge on any atom is -0.264 e. The topological polar surface area (TPSA) is 206 Å². The van der Waals surface area contributed by atoms with Crippen LogP contribution < -0.4 is 0 Å².